The molecule has 20 heavy (non-hydrogen) atoms. The summed E-state index contributed by atoms with van der Waals surface area (Å²) in [5, 5.41) is 3.83. The van der Waals surface area contributed by atoms with Gasteiger partial charge < -0.3 is 14.2 Å². The van der Waals surface area contributed by atoms with Gasteiger partial charge in [-0.1, -0.05) is 5.16 Å². The number of hydrogen-bond donors (Lipinski definition) is 0. The van der Waals surface area contributed by atoms with Gasteiger partial charge in [-0.05, 0) is 19.1 Å². The molecular formula is C13H16N4O3. The SMILES string of the molecule is COC(=O)c1ccc(N(C)Cc2noc(C)n2)nc1C. The van der Waals surface area contributed by atoms with E-state index in [1.807, 2.05) is 11.9 Å². The third kappa shape index (κ3) is 2.93. The number of esters is 1. The van der Waals surface area contributed by atoms with E-state index in [2.05, 4.69) is 15.1 Å². The molecule has 0 spiro atoms. The Morgan fingerprint density at radius 1 is 1.35 bits per heavy atom. The van der Waals surface area contributed by atoms with Crippen LogP contribution in [0.3, 0.4) is 0 Å². The highest BCUT2D eigenvalue weighted by Crippen LogP contribution is 2.16. The Bertz CT molecular complexity index is 624. The van der Waals surface area contributed by atoms with Gasteiger partial charge in [-0.25, -0.2) is 9.78 Å². The number of nitrogens with zero attached hydrogens (tertiary/aromatic N) is 4. The van der Waals surface area contributed by atoms with E-state index in [1.165, 1.54) is 7.11 Å². The standard InChI is InChI=1S/C13H16N4O3/c1-8-10(13(18)19-4)5-6-12(14-8)17(3)7-11-15-9(2)20-16-11/h5-6H,7H2,1-4H3. The van der Waals surface area contributed by atoms with Gasteiger partial charge in [0.25, 0.3) is 0 Å². The van der Waals surface area contributed by atoms with Crippen LogP contribution >= 0.6 is 0 Å². The molecule has 0 saturated carbocycles. The Labute approximate surface area is 116 Å². The predicted molar refractivity (Wildman–Crippen MR) is 71.5 cm³/mol. The van der Waals surface area contributed by atoms with Crippen LogP contribution in [0, 0.1) is 13.8 Å². The van der Waals surface area contributed by atoms with Crippen LogP contribution in [-0.4, -0.2) is 35.3 Å². The van der Waals surface area contributed by atoms with Crippen molar-refractivity contribution in [3.8, 4) is 0 Å². The molecule has 7 heteroatoms. The summed E-state index contributed by atoms with van der Waals surface area (Å²) < 4.78 is 9.61. The van der Waals surface area contributed by atoms with E-state index < -0.39 is 5.97 Å². The van der Waals surface area contributed by atoms with Gasteiger partial charge in [0.1, 0.15) is 5.82 Å². The van der Waals surface area contributed by atoms with Crippen LogP contribution in [0.1, 0.15) is 27.8 Å². The van der Waals surface area contributed by atoms with Crippen molar-refractivity contribution in [3.63, 3.8) is 0 Å². The zero-order chi connectivity index (χ0) is 14.7. The summed E-state index contributed by atoms with van der Waals surface area (Å²) in [6.45, 7) is 3.98. The highest BCUT2D eigenvalue weighted by atomic mass is 16.5. The lowest BCUT2D eigenvalue weighted by molar-refractivity contribution is 0.0599. The first kappa shape index (κ1) is 14.0. The molecule has 2 aromatic rings. The van der Waals surface area contributed by atoms with E-state index in [-0.39, 0.29) is 0 Å². The summed E-state index contributed by atoms with van der Waals surface area (Å²) in [6, 6.07) is 3.45. The molecule has 0 aliphatic rings. The number of methoxy groups -OCH3 is 1. The number of rotatable bonds is 4. The zero-order valence-electron chi connectivity index (χ0n) is 11.9. The van der Waals surface area contributed by atoms with Gasteiger partial charge in [-0.15, -0.1) is 0 Å². The highest BCUT2D eigenvalue weighted by molar-refractivity contribution is 5.90. The van der Waals surface area contributed by atoms with Crippen LogP contribution in [0.5, 0.6) is 0 Å². The number of aryl methyl sites for hydroxylation is 2. The number of carbonyl (C=O) groups is 1. The van der Waals surface area contributed by atoms with Gasteiger partial charge in [0.05, 0.1) is 24.9 Å². The smallest absolute Gasteiger partial charge is 0.339 e. The Kier molecular flexibility index (Phi) is 3.97. The minimum atomic E-state index is -0.391. The Morgan fingerprint density at radius 2 is 2.10 bits per heavy atom. The molecule has 0 bridgehead atoms. The van der Waals surface area contributed by atoms with Crippen LogP contribution in [0.2, 0.25) is 0 Å². The van der Waals surface area contributed by atoms with Crippen molar-refractivity contribution in [1.82, 2.24) is 15.1 Å². The van der Waals surface area contributed by atoms with E-state index in [4.69, 9.17) is 9.26 Å². The Morgan fingerprint density at radius 3 is 2.65 bits per heavy atom. The van der Waals surface area contributed by atoms with Crippen molar-refractivity contribution in [2.45, 2.75) is 20.4 Å². The second-order valence-corrected chi connectivity index (χ2v) is 4.38. The van der Waals surface area contributed by atoms with E-state index >= 15 is 0 Å². The monoisotopic (exact) mass is 276 g/mol. The summed E-state index contributed by atoms with van der Waals surface area (Å²) in [4.78, 5) is 21.9. The molecule has 106 valence electrons. The second-order valence-electron chi connectivity index (χ2n) is 4.38. The molecule has 0 unspecified atom stereocenters. The van der Waals surface area contributed by atoms with E-state index in [1.54, 1.807) is 26.0 Å². The molecule has 0 aliphatic carbocycles. The lowest BCUT2D eigenvalue weighted by Crippen LogP contribution is -2.19. The van der Waals surface area contributed by atoms with E-state index in [0.717, 1.165) is 5.82 Å². The number of hydrogen-bond acceptors (Lipinski definition) is 7. The molecule has 0 amide bonds. The molecular weight excluding hydrogens is 260 g/mol. The number of aromatic nitrogens is 3. The first-order valence-corrected chi connectivity index (χ1v) is 6.07. The largest absolute Gasteiger partial charge is 0.465 e. The number of ether oxygens (including phenoxy) is 1. The highest BCUT2D eigenvalue weighted by Gasteiger charge is 2.13. The van der Waals surface area contributed by atoms with Crippen LogP contribution in [-0.2, 0) is 11.3 Å². The first-order valence-electron chi connectivity index (χ1n) is 6.07. The molecule has 0 fully saturated rings. The summed E-state index contributed by atoms with van der Waals surface area (Å²) in [5.41, 5.74) is 1.07. The first-order chi connectivity index (χ1) is 9.51. The number of pyridine rings is 1. The van der Waals surface area contributed by atoms with E-state index in [0.29, 0.717) is 29.5 Å². The fourth-order valence-corrected chi connectivity index (χ4v) is 1.78. The van der Waals surface area contributed by atoms with Gasteiger partial charge in [-0.2, -0.15) is 4.98 Å². The van der Waals surface area contributed by atoms with Gasteiger partial charge >= 0.3 is 5.97 Å². The number of anilines is 1. The quantitative estimate of drug-likeness (QED) is 0.783. The molecule has 2 heterocycles. The maximum Gasteiger partial charge on any atom is 0.339 e. The van der Waals surface area contributed by atoms with Gasteiger partial charge in [0.15, 0.2) is 5.82 Å². The third-order valence-electron chi connectivity index (χ3n) is 2.82. The van der Waals surface area contributed by atoms with Crippen LogP contribution < -0.4 is 4.90 Å². The van der Waals surface area contributed by atoms with Crippen LogP contribution in [0.15, 0.2) is 16.7 Å². The average molecular weight is 276 g/mol. The topological polar surface area (TPSA) is 81.4 Å². The van der Waals surface area contributed by atoms with Crippen molar-refractivity contribution in [3.05, 3.63) is 35.1 Å². The van der Waals surface area contributed by atoms with Crippen molar-refractivity contribution in [2.24, 2.45) is 0 Å². The summed E-state index contributed by atoms with van der Waals surface area (Å²) in [5.74, 6) is 1.44. The fourth-order valence-electron chi connectivity index (χ4n) is 1.78. The predicted octanol–water partition coefficient (Wildman–Crippen LogP) is 1.50. The minimum Gasteiger partial charge on any atom is -0.465 e. The molecule has 2 rings (SSSR count). The van der Waals surface area contributed by atoms with Gasteiger partial charge in [0, 0.05) is 14.0 Å². The molecule has 7 nitrogen and oxygen atoms in total. The lowest BCUT2D eigenvalue weighted by Gasteiger charge is -2.17. The molecule has 0 radical (unpaired) electrons. The van der Waals surface area contributed by atoms with Crippen LogP contribution in [0.4, 0.5) is 5.82 Å². The van der Waals surface area contributed by atoms with Crippen molar-refractivity contribution >= 4 is 11.8 Å². The summed E-state index contributed by atoms with van der Waals surface area (Å²) in [6.07, 6.45) is 0. The molecule has 0 saturated heterocycles. The maximum absolute atomic E-state index is 11.5. The third-order valence-corrected chi connectivity index (χ3v) is 2.82. The summed E-state index contributed by atoms with van der Waals surface area (Å²) in [7, 11) is 3.21. The molecule has 0 aliphatic heterocycles. The van der Waals surface area contributed by atoms with Gasteiger partial charge in [0.2, 0.25) is 5.89 Å². The van der Waals surface area contributed by atoms with E-state index in [9.17, 15) is 4.79 Å². The Balaban J connectivity index is 2.16. The number of carbonyl (C=O) groups excluding carboxylic acids is 1. The fraction of sp³-hybridized carbons (Fsp3) is 0.385. The Hall–Kier alpha value is -2.44. The molecule has 0 atom stereocenters. The van der Waals surface area contributed by atoms with Crippen LogP contribution in [0.25, 0.3) is 0 Å². The summed E-state index contributed by atoms with van der Waals surface area (Å²) >= 11 is 0. The molecule has 0 N–H and O–H groups in total. The zero-order valence-corrected chi connectivity index (χ0v) is 11.9. The lowest BCUT2D eigenvalue weighted by atomic mass is 10.2. The molecule has 2 aromatic heterocycles. The van der Waals surface area contributed by atoms with Crippen molar-refractivity contribution in [2.75, 3.05) is 19.1 Å². The minimum absolute atomic E-state index is 0.391. The molecule has 0 aromatic carbocycles. The van der Waals surface area contributed by atoms with Crippen molar-refractivity contribution in [1.29, 1.82) is 0 Å². The second kappa shape index (κ2) is 5.68. The maximum atomic E-state index is 11.5. The normalized spacial score (nSPS) is 10.4. The van der Waals surface area contributed by atoms with Crippen molar-refractivity contribution < 1.29 is 14.1 Å². The average Bonchev–Trinajstić information content (AvgIpc) is 2.83. The van der Waals surface area contributed by atoms with Gasteiger partial charge in [-0.3, -0.25) is 0 Å².